The molecule has 1 aliphatic rings. The van der Waals surface area contributed by atoms with Crippen molar-refractivity contribution in [1.29, 1.82) is 0 Å². The summed E-state index contributed by atoms with van der Waals surface area (Å²) in [5.74, 6) is -0.669. The van der Waals surface area contributed by atoms with Crippen molar-refractivity contribution in [3.05, 3.63) is 108 Å². The number of imide groups is 1. The molecule has 0 bridgehead atoms. The Morgan fingerprint density at radius 2 is 1.56 bits per heavy atom. The zero-order valence-electron chi connectivity index (χ0n) is 19.4. The van der Waals surface area contributed by atoms with Crippen molar-refractivity contribution in [1.82, 2.24) is 9.88 Å². The molecule has 36 heavy (non-hydrogen) atoms. The van der Waals surface area contributed by atoms with Crippen molar-refractivity contribution in [3.63, 3.8) is 0 Å². The molecular weight excluding hydrogens is 460 g/mol. The van der Waals surface area contributed by atoms with Crippen LogP contribution in [0.25, 0.3) is 11.5 Å². The highest BCUT2D eigenvalue weighted by Gasteiger charge is 2.43. The number of amides is 2. The van der Waals surface area contributed by atoms with Crippen LogP contribution < -0.4 is 4.74 Å². The maximum atomic E-state index is 13.3. The third-order valence-electron chi connectivity index (χ3n) is 5.93. The normalized spacial score (nSPS) is 13.4. The number of carbonyl (C=O) groups is 3. The lowest BCUT2D eigenvalue weighted by molar-refractivity contribution is -0.149. The maximum Gasteiger partial charge on any atom is 0.330 e. The lowest BCUT2D eigenvalue weighted by Gasteiger charge is -2.24. The first-order valence-corrected chi connectivity index (χ1v) is 11.3. The standard InChI is InChI=1S/C28H22N2O6/c1-34-21-13-11-19(12-14-21)25-29-20(16-35-25)17-36-28(33)24(15-18-7-3-2-4-8-18)30-26(31)22-9-5-6-10-23(22)27(30)32/h2-14,16,24H,15,17H2,1H3/t24-/m0/s1. The van der Waals surface area contributed by atoms with Crippen molar-refractivity contribution in [2.75, 3.05) is 7.11 Å². The molecular formula is C28H22N2O6. The first kappa shape index (κ1) is 23.0. The SMILES string of the molecule is COc1ccc(-c2nc(COC(=O)[C@H](Cc3ccccc3)N3C(=O)c4ccccc4C3=O)co2)cc1. The van der Waals surface area contributed by atoms with Crippen LogP contribution in [-0.4, -0.2) is 40.8 Å². The summed E-state index contributed by atoms with van der Waals surface area (Å²) >= 11 is 0. The summed E-state index contributed by atoms with van der Waals surface area (Å²) in [6, 6.07) is 21.7. The summed E-state index contributed by atoms with van der Waals surface area (Å²) in [6.45, 7) is -0.174. The number of hydrogen-bond donors (Lipinski definition) is 0. The number of rotatable bonds is 8. The quantitative estimate of drug-likeness (QED) is 0.273. The number of fused-ring (bicyclic) bond motifs is 1. The molecule has 1 aliphatic heterocycles. The molecule has 2 amide bonds. The molecule has 0 fully saturated rings. The molecule has 0 radical (unpaired) electrons. The van der Waals surface area contributed by atoms with Crippen LogP contribution in [0.5, 0.6) is 5.75 Å². The summed E-state index contributed by atoms with van der Waals surface area (Å²) in [6.07, 6.45) is 1.53. The monoisotopic (exact) mass is 482 g/mol. The Balaban J connectivity index is 1.34. The molecule has 180 valence electrons. The predicted molar refractivity (Wildman–Crippen MR) is 129 cm³/mol. The van der Waals surface area contributed by atoms with E-state index in [1.807, 2.05) is 30.3 Å². The van der Waals surface area contributed by atoms with Gasteiger partial charge in [0.1, 0.15) is 30.4 Å². The smallest absolute Gasteiger partial charge is 0.330 e. The van der Waals surface area contributed by atoms with E-state index in [4.69, 9.17) is 13.9 Å². The molecule has 0 saturated carbocycles. The molecule has 1 aromatic heterocycles. The number of ether oxygens (including phenoxy) is 2. The van der Waals surface area contributed by atoms with Gasteiger partial charge in [-0.2, -0.15) is 0 Å². The number of carbonyl (C=O) groups excluding carboxylic acids is 3. The summed E-state index contributed by atoms with van der Waals surface area (Å²) in [5.41, 5.74) is 2.47. The highest BCUT2D eigenvalue weighted by Crippen LogP contribution is 2.27. The van der Waals surface area contributed by atoms with Crippen LogP contribution in [0.3, 0.4) is 0 Å². The summed E-state index contributed by atoms with van der Waals surface area (Å²) in [7, 11) is 1.58. The second-order valence-corrected chi connectivity index (χ2v) is 8.21. The third kappa shape index (κ3) is 4.48. The van der Waals surface area contributed by atoms with Gasteiger partial charge >= 0.3 is 5.97 Å². The van der Waals surface area contributed by atoms with Gasteiger partial charge in [0.25, 0.3) is 11.8 Å². The van der Waals surface area contributed by atoms with Gasteiger partial charge in [0.15, 0.2) is 0 Å². The van der Waals surface area contributed by atoms with Crippen LogP contribution in [0.1, 0.15) is 32.0 Å². The van der Waals surface area contributed by atoms with Crippen LogP contribution in [-0.2, 0) is 22.6 Å². The minimum atomic E-state index is -1.13. The Hall–Kier alpha value is -4.72. The Morgan fingerprint density at radius 1 is 0.917 bits per heavy atom. The fourth-order valence-corrected chi connectivity index (χ4v) is 4.09. The van der Waals surface area contributed by atoms with Crippen LogP contribution in [0.15, 0.2) is 89.5 Å². The molecule has 8 nitrogen and oxygen atoms in total. The van der Waals surface area contributed by atoms with Gasteiger partial charge in [-0.15, -0.1) is 0 Å². The fraction of sp³-hybridized carbons (Fsp3) is 0.143. The molecule has 0 N–H and O–H groups in total. The molecule has 0 spiro atoms. The number of esters is 1. The first-order chi connectivity index (χ1) is 17.5. The van der Waals surface area contributed by atoms with Crippen molar-refractivity contribution in [2.45, 2.75) is 19.1 Å². The molecule has 4 aromatic rings. The Labute approximate surface area is 207 Å². The van der Waals surface area contributed by atoms with Crippen molar-refractivity contribution < 1.29 is 28.3 Å². The molecule has 2 heterocycles. The van der Waals surface area contributed by atoms with Crippen molar-refractivity contribution in [2.24, 2.45) is 0 Å². The van der Waals surface area contributed by atoms with Crippen LogP contribution in [0.2, 0.25) is 0 Å². The average molecular weight is 482 g/mol. The van der Waals surface area contributed by atoms with E-state index in [0.717, 1.165) is 16.0 Å². The lowest BCUT2D eigenvalue weighted by Crippen LogP contribution is -2.47. The zero-order valence-corrected chi connectivity index (χ0v) is 19.4. The average Bonchev–Trinajstić information content (AvgIpc) is 3.49. The van der Waals surface area contributed by atoms with E-state index in [2.05, 4.69) is 4.98 Å². The van der Waals surface area contributed by atoms with E-state index in [1.54, 1.807) is 55.6 Å². The van der Waals surface area contributed by atoms with E-state index < -0.39 is 23.8 Å². The molecule has 0 saturated heterocycles. The lowest BCUT2D eigenvalue weighted by atomic mass is 10.0. The molecule has 5 rings (SSSR count). The third-order valence-corrected chi connectivity index (χ3v) is 5.93. The topological polar surface area (TPSA) is 98.9 Å². The number of methoxy groups -OCH3 is 1. The second-order valence-electron chi connectivity index (χ2n) is 8.21. The van der Waals surface area contributed by atoms with Gasteiger partial charge in [-0.1, -0.05) is 42.5 Å². The fourth-order valence-electron chi connectivity index (χ4n) is 4.09. The summed E-state index contributed by atoms with van der Waals surface area (Å²) < 4.78 is 16.2. The number of aromatic nitrogens is 1. The van der Waals surface area contributed by atoms with Gasteiger partial charge in [0.05, 0.1) is 18.2 Å². The largest absolute Gasteiger partial charge is 0.497 e. The number of oxazole rings is 1. The number of hydrogen-bond acceptors (Lipinski definition) is 7. The Morgan fingerprint density at radius 3 is 2.19 bits per heavy atom. The van der Waals surface area contributed by atoms with Gasteiger partial charge < -0.3 is 13.9 Å². The van der Waals surface area contributed by atoms with Gasteiger partial charge in [0, 0.05) is 12.0 Å². The molecule has 8 heteroatoms. The molecule has 0 unspecified atom stereocenters. The van der Waals surface area contributed by atoms with E-state index in [9.17, 15) is 14.4 Å². The summed E-state index contributed by atoms with van der Waals surface area (Å²) in [4.78, 5) is 44.8. The van der Waals surface area contributed by atoms with E-state index >= 15 is 0 Å². The minimum Gasteiger partial charge on any atom is -0.497 e. The van der Waals surface area contributed by atoms with E-state index in [1.165, 1.54) is 6.26 Å². The van der Waals surface area contributed by atoms with Crippen LogP contribution in [0.4, 0.5) is 0 Å². The highest BCUT2D eigenvalue weighted by molar-refractivity contribution is 6.22. The van der Waals surface area contributed by atoms with Crippen molar-refractivity contribution >= 4 is 17.8 Å². The van der Waals surface area contributed by atoms with Crippen molar-refractivity contribution in [3.8, 4) is 17.2 Å². The highest BCUT2D eigenvalue weighted by atomic mass is 16.5. The predicted octanol–water partition coefficient (Wildman–Crippen LogP) is 4.30. The maximum absolute atomic E-state index is 13.3. The Kier molecular flexibility index (Phi) is 6.32. The minimum absolute atomic E-state index is 0.126. The molecule has 0 aliphatic carbocycles. The first-order valence-electron chi connectivity index (χ1n) is 11.3. The van der Waals surface area contributed by atoms with Gasteiger partial charge in [-0.05, 0) is 42.0 Å². The zero-order chi connectivity index (χ0) is 25.1. The number of benzene rings is 3. The van der Waals surface area contributed by atoms with E-state index in [-0.39, 0.29) is 24.2 Å². The van der Waals surface area contributed by atoms with Crippen LogP contribution >= 0.6 is 0 Å². The summed E-state index contributed by atoms with van der Waals surface area (Å²) in [5, 5.41) is 0. The Bertz CT molecular complexity index is 1380. The number of nitrogens with zero attached hydrogens (tertiary/aromatic N) is 2. The van der Waals surface area contributed by atoms with Gasteiger partial charge in [0.2, 0.25) is 5.89 Å². The second kappa shape index (κ2) is 9.87. The van der Waals surface area contributed by atoms with Gasteiger partial charge in [-0.25, -0.2) is 9.78 Å². The van der Waals surface area contributed by atoms with E-state index in [0.29, 0.717) is 17.3 Å². The molecule has 1 atom stereocenters. The van der Waals surface area contributed by atoms with Gasteiger partial charge in [-0.3, -0.25) is 14.5 Å². The van der Waals surface area contributed by atoms with Crippen LogP contribution in [0, 0.1) is 0 Å². The molecule has 3 aromatic carbocycles.